The van der Waals surface area contributed by atoms with Gasteiger partial charge < -0.3 is 0 Å². The Kier molecular flexibility index (Phi) is 4.04. The van der Waals surface area contributed by atoms with Crippen molar-refractivity contribution in [2.75, 3.05) is 26.4 Å². The molecule has 1 aliphatic rings. The maximum Gasteiger partial charge on any atom is 0.211 e. The number of sulfonamides is 1. The predicted molar refractivity (Wildman–Crippen MR) is 72.7 cm³/mol. The molecule has 0 radical (unpaired) electrons. The fourth-order valence-electron chi connectivity index (χ4n) is 2.37. The highest BCUT2D eigenvalue weighted by atomic mass is 32.2. The second kappa shape index (κ2) is 5.38. The van der Waals surface area contributed by atoms with Crippen molar-refractivity contribution in [3.63, 3.8) is 0 Å². The highest BCUT2D eigenvalue weighted by molar-refractivity contribution is 7.88. The Bertz CT molecular complexity index is 487. The first-order chi connectivity index (χ1) is 8.47. The van der Waals surface area contributed by atoms with E-state index in [1.165, 1.54) is 16.1 Å². The molecule has 2 rings (SSSR count). The number of benzene rings is 1. The van der Waals surface area contributed by atoms with Crippen LogP contribution in [0.3, 0.4) is 0 Å². The van der Waals surface area contributed by atoms with Crippen LogP contribution in [0.4, 0.5) is 0 Å². The van der Waals surface area contributed by atoms with Crippen LogP contribution < -0.4 is 0 Å². The monoisotopic (exact) mass is 268 g/mol. The second-order valence-corrected chi connectivity index (χ2v) is 6.98. The molecule has 1 aliphatic heterocycles. The molecule has 0 amide bonds. The van der Waals surface area contributed by atoms with Crippen molar-refractivity contribution in [3.8, 4) is 0 Å². The van der Waals surface area contributed by atoms with Crippen molar-refractivity contribution < 1.29 is 8.42 Å². The minimum atomic E-state index is -3.08. The predicted octanol–water partition coefficient (Wildman–Crippen LogP) is 1.15. The Morgan fingerprint density at radius 1 is 1.33 bits per heavy atom. The van der Waals surface area contributed by atoms with Gasteiger partial charge in [-0.3, -0.25) is 4.90 Å². The van der Waals surface area contributed by atoms with Gasteiger partial charge >= 0.3 is 0 Å². The SMILES string of the molecule is CN(C1CCN(Cc2ccccc2)C1)S(C)(=O)=O. The molecule has 1 atom stereocenters. The first-order valence-electron chi connectivity index (χ1n) is 6.16. The average Bonchev–Trinajstić information content (AvgIpc) is 2.76. The van der Waals surface area contributed by atoms with Crippen LogP contribution in [0.5, 0.6) is 0 Å². The summed E-state index contributed by atoms with van der Waals surface area (Å²) in [7, 11) is -1.40. The van der Waals surface area contributed by atoms with Crippen molar-refractivity contribution in [1.29, 1.82) is 0 Å². The molecule has 0 bridgehead atoms. The van der Waals surface area contributed by atoms with Crippen LogP contribution in [0.1, 0.15) is 12.0 Å². The van der Waals surface area contributed by atoms with Crippen LogP contribution in [-0.2, 0) is 16.6 Å². The number of likely N-dealkylation sites (N-methyl/N-ethyl adjacent to an activating group) is 1. The Hall–Kier alpha value is -0.910. The van der Waals surface area contributed by atoms with Crippen LogP contribution in [0, 0.1) is 0 Å². The summed E-state index contributed by atoms with van der Waals surface area (Å²) in [5.74, 6) is 0. The quantitative estimate of drug-likeness (QED) is 0.822. The number of hydrogen-bond acceptors (Lipinski definition) is 3. The minimum Gasteiger partial charge on any atom is -0.297 e. The van der Waals surface area contributed by atoms with E-state index in [4.69, 9.17) is 0 Å². The third-order valence-electron chi connectivity index (χ3n) is 3.53. The smallest absolute Gasteiger partial charge is 0.211 e. The van der Waals surface area contributed by atoms with Gasteiger partial charge in [0.2, 0.25) is 10.0 Å². The van der Waals surface area contributed by atoms with Crippen LogP contribution in [0.15, 0.2) is 30.3 Å². The van der Waals surface area contributed by atoms with Crippen molar-refractivity contribution in [2.45, 2.75) is 19.0 Å². The molecule has 0 saturated carbocycles. The van der Waals surface area contributed by atoms with Gasteiger partial charge in [0.1, 0.15) is 0 Å². The zero-order valence-electron chi connectivity index (χ0n) is 10.9. The van der Waals surface area contributed by atoms with Gasteiger partial charge in [-0.05, 0) is 12.0 Å². The standard InChI is InChI=1S/C13H20N2O2S/c1-14(18(2,16)17)13-8-9-15(11-13)10-12-6-4-3-5-7-12/h3-7,13H,8-11H2,1-2H3. The number of rotatable bonds is 4. The zero-order chi connectivity index (χ0) is 13.2. The molecule has 100 valence electrons. The lowest BCUT2D eigenvalue weighted by Crippen LogP contribution is -2.38. The van der Waals surface area contributed by atoms with Gasteiger partial charge in [-0.25, -0.2) is 12.7 Å². The highest BCUT2D eigenvalue weighted by Gasteiger charge is 2.29. The summed E-state index contributed by atoms with van der Waals surface area (Å²) < 4.78 is 24.5. The van der Waals surface area contributed by atoms with E-state index < -0.39 is 10.0 Å². The number of likely N-dealkylation sites (tertiary alicyclic amines) is 1. The normalized spacial score (nSPS) is 21.6. The van der Waals surface area contributed by atoms with E-state index in [0.717, 1.165) is 26.1 Å². The third kappa shape index (κ3) is 3.31. The van der Waals surface area contributed by atoms with E-state index in [-0.39, 0.29) is 6.04 Å². The summed E-state index contributed by atoms with van der Waals surface area (Å²) >= 11 is 0. The van der Waals surface area contributed by atoms with Gasteiger partial charge in [-0.1, -0.05) is 30.3 Å². The summed E-state index contributed by atoms with van der Waals surface area (Å²) in [5.41, 5.74) is 1.28. The molecule has 1 saturated heterocycles. The highest BCUT2D eigenvalue weighted by Crippen LogP contribution is 2.18. The Labute approximate surface area is 109 Å². The minimum absolute atomic E-state index is 0.115. The molecule has 1 heterocycles. The summed E-state index contributed by atoms with van der Waals surface area (Å²) in [6.07, 6.45) is 2.18. The van der Waals surface area contributed by atoms with E-state index >= 15 is 0 Å². The van der Waals surface area contributed by atoms with Gasteiger partial charge in [0.05, 0.1) is 6.26 Å². The topological polar surface area (TPSA) is 40.6 Å². The molecular formula is C13H20N2O2S. The van der Waals surface area contributed by atoms with Crippen LogP contribution in [-0.4, -0.2) is 50.1 Å². The van der Waals surface area contributed by atoms with Crippen molar-refractivity contribution in [3.05, 3.63) is 35.9 Å². The van der Waals surface area contributed by atoms with Crippen LogP contribution in [0.2, 0.25) is 0 Å². The van der Waals surface area contributed by atoms with Crippen LogP contribution in [0.25, 0.3) is 0 Å². The zero-order valence-corrected chi connectivity index (χ0v) is 11.7. The van der Waals surface area contributed by atoms with Gasteiger partial charge in [0.15, 0.2) is 0 Å². The van der Waals surface area contributed by atoms with Crippen molar-refractivity contribution in [2.24, 2.45) is 0 Å². The molecule has 4 nitrogen and oxygen atoms in total. The molecule has 0 N–H and O–H groups in total. The van der Waals surface area contributed by atoms with Gasteiger partial charge in [-0.2, -0.15) is 0 Å². The molecule has 1 aromatic carbocycles. The lowest BCUT2D eigenvalue weighted by atomic mass is 10.2. The first-order valence-corrected chi connectivity index (χ1v) is 8.01. The van der Waals surface area contributed by atoms with E-state index in [1.807, 2.05) is 18.2 Å². The Balaban J connectivity index is 1.93. The fourth-order valence-corrected chi connectivity index (χ4v) is 3.08. The molecule has 0 spiro atoms. The van der Waals surface area contributed by atoms with Crippen molar-refractivity contribution in [1.82, 2.24) is 9.21 Å². The molecule has 5 heteroatoms. The molecule has 1 aromatic rings. The summed E-state index contributed by atoms with van der Waals surface area (Å²) in [6.45, 7) is 2.67. The molecule has 1 fully saturated rings. The van der Waals surface area contributed by atoms with Gasteiger partial charge in [0, 0.05) is 32.7 Å². The lowest BCUT2D eigenvalue weighted by Gasteiger charge is -2.22. The first kappa shape index (κ1) is 13.5. The van der Waals surface area contributed by atoms with E-state index in [2.05, 4.69) is 17.0 Å². The molecule has 0 aliphatic carbocycles. The van der Waals surface area contributed by atoms with Gasteiger partial charge in [0.25, 0.3) is 0 Å². The van der Waals surface area contributed by atoms with Crippen LogP contribution >= 0.6 is 0 Å². The molecule has 0 aromatic heterocycles. The number of nitrogens with zero attached hydrogens (tertiary/aromatic N) is 2. The maximum atomic E-state index is 11.5. The van der Waals surface area contributed by atoms with Gasteiger partial charge in [-0.15, -0.1) is 0 Å². The van der Waals surface area contributed by atoms with E-state index in [9.17, 15) is 8.42 Å². The Morgan fingerprint density at radius 2 is 2.00 bits per heavy atom. The fraction of sp³-hybridized carbons (Fsp3) is 0.538. The van der Waals surface area contributed by atoms with Crippen molar-refractivity contribution >= 4 is 10.0 Å². The Morgan fingerprint density at radius 3 is 2.61 bits per heavy atom. The second-order valence-electron chi connectivity index (χ2n) is 4.94. The number of hydrogen-bond donors (Lipinski definition) is 0. The summed E-state index contributed by atoms with van der Waals surface area (Å²) in [5, 5.41) is 0. The largest absolute Gasteiger partial charge is 0.297 e. The molecule has 1 unspecified atom stereocenters. The maximum absolute atomic E-state index is 11.5. The van der Waals surface area contributed by atoms with E-state index in [1.54, 1.807) is 7.05 Å². The molecule has 18 heavy (non-hydrogen) atoms. The lowest BCUT2D eigenvalue weighted by molar-refractivity contribution is 0.299. The summed E-state index contributed by atoms with van der Waals surface area (Å²) in [4.78, 5) is 2.31. The summed E-state index contributed by atoms with van der Waals surface area (Å²) in [6, 6.07) is 10.4. The third-order valence-corrected chi connectivity index (χ3v) is 4.88. The van der Waals surface area contributed by atoms with E-state index in [0.29, 0.717) is 0 Å². The molecular weight excluding hydrogens is 248 g/mol. The average molecular weight is 268 g/mol.